The van der Waals surface area contributed by atoms with Gasteiger partial charge in [0.25, 0.3) is 0 Å². The molecule has 4 rings (SSSR count). The van der Waals surface area contributed by atoms with Crippen LogP contribution in [0.15, 0.2) is 36.0 Å². The molecule has 0 saturated heterocycles. The van der Waals surface area contributed by atoms with Crippen LogP contribution in [0.1, 0.15) is 59.8 Å². The number of Topliss-reactive ketones (excluding diaryl/α,β-unsaturated/α-hetero) is 1. The van der Waals surface area contributed by atoms with Gasteiger partial charge < -0.3 is 14.9 Å². The van der Waals surface area contributed by atoms with Crippen LogP contribution in [0.2, 0.25) is 0 Å². The number of ether oxygens (including phenoxy) is 1. The summed E-state index contributed by atoms with van der Waals surface area (Å²) in [6, 6.07) is 0. The van der Waals surface area contributed by atoms with Crippen LogP contribution in [0.4, 0.5) is 4.39 Å². The monoisotopic (exact) mass is 538 g/mol. The van der Waals surface area contributed by atoms with Crippen molar-refractivity contribution in [3.05, 3.63) is 36.0 Å². The predicted molar refractivity (Wildman–Crippen MR) is 143 cm³/mol. The van der Waals surface area contributed by atoms with E-state index in [1.54, 1.807) is 21.6 Å². The third-order valence-corrected chi connectivity index (χ3v) is 12.2. The molecule has 200 valence electrons. The van der Waals surface area contributed by atoms with Crippen molar-refractivity contribution >= 4 is 33.3 Å². The number of rotatable bonds is 8. The van der Waals surface area contributed by atoms with Crippen molar-refractivity contribution in [1.82, 2.24) is 0 Å². The maximum atomic E-state index is 17.3. The molecule has 8 atom stereocenters. The highest BCUT2D eigenvalue weighted by Gasteiger charge is 2.75. The van der Waals surface area contributed by atoms with Gasteiger partial charge in [-0.15, -0.1) is 0 Å². The smallest absolute Gasteiger partial charge is 0.307 e. The number of allylic oxidation sites excluding steroid dienone is 5. The van der Waals surface area contributed by atoms with Gasteiger partial charge in [0.1, 0.15) is 5.60 Å². The Morgan fingerprint density at radius 3 is 2.69 bits per heavy atom. The second-order valence-electron chi connectivity index (χ2n) is 11.4. The third kappa shape index (κ3) is 3.97. The van der Waals surface area contributed by atoms with E-state index in [-0.39, 0.29) is 18.8 Å². The first-order chi connectivity index (χ1) is 16.9. The number of alkyl halides is 1. The number of esters is 1. The molecule has 0 bridgehead atoms. The Morgan fingerprint density at radius 2 is 2.00 bits per heavy atom. The summed E-state index contributed by atoms with van der Waals surface area (Å²) < 4.78 is 22.5. The van der Waals surface area contributed by atoms with Gasteiger partial charge >= 0.3 is 5.97 Å². The predicted octanol–water partition coefficient (Wildman–Crippen LogP) is 5.23. The summed E-state index contributed by atoms with van der Waals surface area (Å²) in [5.41, 5.74) is -3.94. The molecule has 2 N–H and O–H groups in total. The maximum Gasteiger partial charge on any atom is 0.307 e. The first kappa shape index (κ1) is 27.9. The molecule has 0 aromatic heterocycles. The number of hydrogen-bond donors (Lipinski definition) is 2. The molecule has 4 aliphatic carbocycles. The molecule has 0 unspecified atom stereocenters. The van der Waals surface area contributed by atoms with E-state index in [2.05, 4.69) is 6.58 Å². The van der Waals surface area contributed by atoms with E-state index in [9.17, 15) is 19.8 Å². The molecule has 0 aromatic rings. The Labute approximate surface area is 221 Å². The molecule has 4 aliphatic rings. The summed E-state index contributed by atoms with van der Waals surface area (Å²) >= 11 is 0. The second kappa shape index (κ2) is 9.90. The molecule has 0 heterocycles. The maximum absolute atomic E-state index is 17.3. The summed E-state index contributed by atoms with van der Waals surface area (Å²) in [7, 11) is 3.24. The van der Waals surface area contributed by atoms with Gasteiger partial charge in [0.15, 0.2) is 12.3 Å². The van der Waals surface area contributed by atoms with E-state index in [1.807, 2.05) is 45.9 Å². The van der Waals surface area contributed by atoms with E-state index < -0.39 is 58.4 Å². The SMILES string of the molecule is C=C1C=C[C@]2(C)C(=C1)CC[C@@H]1[C@H]3C[C@H](C)[C@@](O)(C(=O)COC(=O)CCSSCC)[C@]3(C)C[C@@H](O)[C@]12F. The average Bonchev–Trinajstić information content (AvgIpc) is 3.03. The molecule has 0 amide bonds. The van der Waals surface area contributed by atoms with Gasteiger partial charge in [-0.25, -0.2) is 4.39 Å². The summed E-state index contributed by atoms with van der Waals surface area (Å²) in [5, 5.41) is 23.4. The Hall–Kier alpha value is -1.09. The Kier molecular flexibility index (Phi) is 7.68. The number of carbonyl (C=O) groups is 2. The topological polar surface area (TPSA) is 83.8 Å². The first-order valence-electron chi connectivity index (χ1n) is 13.0. The lowest BCUT2D eigenvalue weighted by atomic mass is 9.44. The number of fused-ring (bicyclic) bond motifs is 5. The Morgan fingerprint density at radius 1 is 1.28 bits per heavy atom. The Bertz CT molecular complexity index is 996. The van der Waals surface area contributed by atoms with Gasteiger partial charge in [-0.2, -0.15) is 0 Å². The zero-order chi connectivity index (χ0) is 26.5. The van der Waals surface area contributed by atoms with Gasteiger partial charge in [0.2, 0.25) is 5.78 Å². The lowest BCUT2D eigenvalue weighted by Gasteiger charge is -2.62. The van der Waals surface area contributed by atoms with Crippen molar-refractivity contribution in [2.75, 3.05) is 18.1 Å². The molecule has 0 spiro atoms. The van der Waals surface area contributed by atoms with E-state index in [1.165, 1.54) is 0 Å². The molecule has 3 saturated carbocycles. The molecular formula is C28H39FO5S2. The molecule has 0 aromatic carbocycles. The second-order valence-corrected chi connectivity index (χ2v) is 14.3. The minimum atomic E-state index is -1.91. The highest BCUT2D eigenvalue weighted by atomic mass is 33.1. The quantitative estimate of drug-likeness (QED) is 0.249. The number of ketones is 1. The normalized spacial score (nSPS) is 43.3. The third-order valence-electron chi connectivity index (χ3n) is 9.70. The standard InChI is InChI=1S/C28H39FO5S2/c1-6-35-36-12-10-24(32)34-16-23(31)28(33)18(3)14-21-20-8-7-19-13-17(2)9-11-25(19,4)27(20,29)22(30)15-26(21,28)5/h9,11,13,18,20-22,30,33H,2,6-8,10,12,14-16H2,1,3-5H3/t18-,20+,21+,22+,25+,26+,27+,28+/m0/s1. The van der Waals surface area contributed by atoms with E-state index in [4.69, 9.17) is 4.74 Å². The van der Waals surface area contributed by atoms with E-state index in [0.717, 1.165) is 16.9 Å². The van der Waals surface area contributed by atoms with Crippen LogP contribution in [0.5, 0.6) is 0 Å². The largest absolute Gasteiger partial charge is 0.458 e. The van der Waals surface area contributed by atoms with Crippen LogP contribution in [-0.4, -0.2) is 57.5 Å². The van der Waals surface area contributed by atoms with Gasteiger partial charge in [-0.1, -0.05) is 72.7 Å². The average molecular weight is 539 g/mol. The first-order valence-corrected chi connectivity index (χ1v) is 15.5. The van der Waals surface area contributed by atoms with Crippen molar-refractivity contribution < 1.29 is 28.9 Å². The fourth-order valence-electron chi connectivity index (χ4n) is 7.81. The highest BCUT2D eigenvalue weighted by Crippen LogP contribution is 2.70. The van der Waals surface area contributed by atoms with Gasteiger partial charge in [0, 0.05) is 28.3 Å². The number of halogens is 1. The number of aliphatic hydroxyl groups is 2. The minimum absolute atomic E-state index is 0.0340. The van der Waals surface area contributed by atoms with Crippen LogP contribution >= 0.6 is 21.6 Å². The van der Waals surface area contributed by atoms with E-state index in [0.29, 0.717) is 25.0 Å². The molecule has 8 heteroatoms. The highest BCUT2D eigenvalue weighted by molar-refractivity contribution is 8.76. The van der Waals surface area contributed by atoms with Crippen LogP contribution < -0.4 is 0 Å². The van der Waals surface area contributed by atoms with E-state index >= 15 is 4.39 Å². The van der Waals surface area contributed by atoms with Crippen molar-refractivity contribution in [3.8, 4) is 0 Å². The summed E-state index contributed by atoms with van der Waals surface area (Å²) in [5.74, 6) is -0.738. The van der Waals surface area contributed by atoms with Crippen molar-refractivity contribution in [1.29, 1.82) is 0 Å². The lowest BCUT2D eigenvalue weighted by molar-refractivity contribution is -0.219. The molecule has 5 nitrogen and oxygen atoms in total. The zero-order valence-corrected chi connectivity index (χ0v) is 23.4. The minimum Gasteiger partial charge on any atom is -0.458 e. The van der Waals surface area contributed by atoms with Crippen molar-refractivity contribution in [2.24, 2.45) is 28.6 Å². The fraction of sp³-hybridized carbons (Fsp3) is 0.714. The molecule has 3 fully saturated rings. The molecule has 0 radical (unpaired) electrons. The van der Waals surface area contributed by atoms with Crippen molar-refractivity contribution in [3.63, 3.8) is 0 Å². The zero-order valence-electron chi connectivity index (χ0n) is 21.7. The summed E-state index contributed by atoms with van der Waals surface area (Å²) in [4.78, 5) is 25.6. The number of carbonyl (C=O) groups excluding carboxylic acids is 2. The van der Waals surface area contributed by atoms with Crippen LogP contribution in [-0.2, 0) is 14.3 Å². The Balaban J connectivity index is 1.56. The number of aliphatic hydroxyl groups excluding tert-OH is 1. The lowest BCUT2D eigenvalue weighted by Crippen LogP contribution is -2.69. The molecule has 0 aliphatic heterocycles. The van der Waals surface area contributed by atoms with Crippen LogP contribution in [0.3, 0.4) is 0 Å². The van der Waals surface area contributed by atoms with Gasteiger partial charge in [0.05, 0.1) is 12.5 Å². The van der Waals surface area contributed by atoms with Crippen LogP contribution in [0.25, 0.3) is 0 Å². The van der Waals surface area contributed by atoms with Gasteiger partial charge in [-0.3, -0.25) is 9.59 Å². The summed E-state index contributed by atoms with van der Waals surface area (Å²) in [6.45, 7) is 11.0. The summed E-state index contributed by atoms with van der Waals surface area (Å²) in [6.07, 6.45) is 6.10. The van der Waals surface area contributed by atoms with Crippen LogP contribution in [0, 0.1) is 28.6 Å². The number of hydrogen-bond acceptors (Lipinski definition) is 7. The molecule has 36 heavy (non-hydrogen) atoms. The fourth-order valence-corrected chi connectivity index (χ4v) is 9.45. The van der Waals surface area contributed by atoms with Gasteiger partial charge in [-0.05, 0) is 50.0 Å². The molecular weight excluding hydrogens is 499 g/mol. The van der Waals surface area contributed by atoms with Crippen molar-refractivity contribution in [2.45, 2.75) is 77.2 Å².